The van der Waals surface area contributed by atoms with Crippen molar-refractivity contribution in [3.63, 3.8) is 0 Å². The molecule has 1 aliphatic rings. The van der Waals surface area contributed by atoms with Crippen LogP contribution in [0.4, 0.5) is 10.5 Å². The Bertz CT molecular complexity index is 715. The molecule has 1 aromatic rings. The summed E-state index contributed by atoms with van der Waals surface area (Å²) in [5.74, 6) is -0.0551. The third kappa shape index (κ3) is 6.26. The standard InChI is InChI=1S/C22H33ClN2O4/c1-6-25(20-12-16(23)11-19(15(20)4)21(26)28-5)18-9-7-17(8-10-18)24-22(27)29-13-14(2)3/h11-12,14,17-18H,6-10,13H2,1-5H3,(H,24,27). The third-order valence-corrected chi connectivity index (χ3v) is 5.63. The van der Waals surface area contributed by atoms with Crippen LogP contribution in [0, 0.1) is 12.8 Å². The summed E-state index contributed by atoms with van der Waals surface area (Å²) in [6, 6.07) is 4.03. The minimum Gasteiger partial charge on any atom is -0.465 e. The molecule has 1 fully saturated rings. The van der Waals surface area contributed by atoms with E-state index in [1.54, 1.807) is 6.07 Å². The first kappa shape index (κ1) is 23.3. The van der Waals surface area contributed by atoms with E-state index >= 15 is 0 Å². The highest BCUT2D eigenvalue weighted by Gasteiger charge is 2.28. The SMILES string of the molecule is CCN(c1cc(Cl)cc(C(=O)OC)c1C)C1CCC(NC(=O)OCC(C)C)CC1. The number of anilines is 1. The van der Waals surface area contributed by atoms with Crippen LogP contribution >= 0.6 is 11.6 Å². The van der Waals surface area contributed by atoms with Gasteiger partial charge in [0.25, 0.3) is 0 Å². The molecule has 0 radical (unpaired) electrons. The summed E-state index contributed by atoms with van der Waals surface area (Å²) < 4.78 is 10.1. The topological polar surface area (TPSA) is 67.9 Å². The molecule has 0 bridgehead atoms. The first-order chi connectivity index (χ1) is 13.8. The highest BCUT2D eigenvalue weighted by molar-refractivity contribution is 6.31. The van der Waals surface area contributed by atoms with Gasteiger partial charge in [-0.2, -0.15) is 0 Å². The fraction of sp³-hybridized carbons (Fsp3) is 0.636. The van der Waals surface area contributed by atoms with E-state index in [-0.39, 0.29) is 18.1 Å². The summed E-state index contributed by atoms with van der Waals surface area (Å²) in [5.41, 5.74) is 2.34. The van der Waals surface area contributed by atoms with Crippen LogP contribution in [0.5, 0.6) is 0 Å². The molecule has 0 heterocycles. The molecule has 162 valence electrons. The van der Waals surface area contributed by atoms with Crippen molar-refractivity contribution in [2.75, 3.05) is 25.2 Å². The summed E-state index contributed by atoms with van der Waals surface area (Å²) in [6.45, 7) is 9.30. The lowest BCUT2D eigenvalue weighted by Crippen LogP contribution is -2.44. The average Bonchev–Trinajstić information content (AvgIpc) is 2.69. The number of carbonyl (C=O) groups excluding carboxylic acids is 2. The molecule has 0 saturated heterocycles. The van der Waals surface area contributed by atoms with Crippen LogP contribution in [0.3, 0.4) is 0 Å². The number of rotatable bonds is 7. The number of hydrogen-bond acceptors (Lipinski definition) is 5. The fourth-order valence-corrected chi connectivity index (χ4v) is 4.11. The maximum atomic E-state index is 12.1. The van der Waals surface area contributed by atoms with Gasteiger partial charge in [0, 0.05) is 29.3 Å². The number of benzene rings is 1. The zero-order chi connectivity index (χ0) is 21.6. The number of ether oxygens (including phenoxy) is 2. The summed E-state index contributed by atoms with van der Waals surface area (Å²) in [6.07, 6.45) is 3.34. The maximum Gasteiger partial charge on any atom is 0.407 e. The van der Waals surface area contributed by atoms with E-state index in [2.05, 4.69) is 17.1 Å². The predicted molar refractivity (Wildman–Crippen MR) is 116 cm³/mol. The molecule has 1 saturated carbocycles. The lowest BCUT2D eigenvalue weighted by Gasteiger charge is -2.39. The average molecular weight is 425 g/mol. The molecule has 29 heavy (non-hydrogen) atoms. The van der Waals surface area contributed by atoms with Crippen molar-refractivity contribution in [1.82, 2.24) is 5.32 Å². The second kappa shape index (κ2) is 10.7. The van der Waals surface area contributed by atoms with E-state index in [4.69, 9.17) is 21.1 Å². The monoisotopic (exact) mass is 424 g/mol. The Labute approximate surface area is 178 Å². The summed E-state index contributed by atoms with van der Waals surface area (Å²) in [4.78, 5) is 26.3. The highest BCUT2D eigenvalue weighted by Crippen LogP contribution is 2.33. The zero-order valence-corrected chi connectivity index (χ0v) is 18.8. The van der Waals surface area contributed by atoms with Gasteiger partial charge in [0.15, 0.2) is 0 Å². The Morgan fingerprint density at radius 2 is 1.90 bits per heavy atom. The zero-order valence-electron chi connectivity index (χ0n) is 18.1. The normalized spacial score (nSPS) is 19.0. The lowest BCUT2D eigenvalue weighted by atomic mass is 9.89. The second-order valence-corrected chi connectivity index (χ2v) is 8.45. The first-order valence-electron chi connectivity index (χ1n) is 10.3. The van der Waals surface area contributed by atoms with Gasteiger partial charge in [-0.25, -0.2) is 9.59 Å². The molecule has 0 aromatic heterocycles. The van der Waals surface area contributed by atoms with Gasteiger partial charge in [-0.1, -0.05) is 25.4 Å². The number of hydrogen-bond donors (Lipinski definition) is 1. The van der Waals surface area contributed by atoms with Crippen LogP contribution in [-0.4, -0.2) is 44.4 Å². The van der Waals surface area contributed by atoms with E-state index in [0.29, 0.717) is 29.2 Å². The fourth-order valence-electron chi connectivity index (χ4n) is 3.89. The minimum atomic E-state index is -0.380. The third-order valence-electron chi connectivity index (χ3n) is 5.41. The molecule has 1 aliphatic carbocycles. The quantitative estimate of drug-likeness (QED) is 0.627. The van der Waals surface area contributed by atoms with Crippen molar-refractivity contribution in [1.29, 1.82) is 0 Å². The van der Waals surface area contributed by atoms with Crippen molar-refractivity contribution in [3.05, 3.63) is 28.3 Å². The Balaban J connectivity index is 2.05. The smallest absolute Gasteiger partial charge is 0.407 e. The second-order valence-electron chi connectivity index (χ2n) is 8.02. The van der Waals surface area contributed by atoms with E-state index < -0.39 is 0 Å². The van der Waals surface area contributed by atoms with Crippen LogP contribution in [0.15, 0.2) is 12.1 Å². The number of amides is 1. The lowest BCUT2D eigenvalue weighted by molar-refractivity contribution is 0.0600. The van der Waals surface area contributed by atoms with Crippen molar-refractivity contribution in [2.24, 2.45) is 5.92 Å². The van der Waals surface area contributed by atoms with Crippen LogP contribution in [0.2, 0.25) is 5.02 Å². The maximum absolute atomic E-state index is 12.1. The number of alkyl carbamates (subject to hydrolysis) is 1. The van der Waals surface area contributed by atoms with Gasteiger partial charge in [0.05, 0.1) is 19.3 Å². The van der Waals surface area contributed by atoms with Gasteiger partial charge < -0.3 is 19.7 Å². The van der Waals surface area contributed by atoms with Gasteiger partial charge in [-0.15, -0.1) is 0 Å². The Kier molecular flexibility index (Phi) is 8.62. The summed E-state index contributed by atoms with van der Waals surface area (Å²) >= 11 is 6.30. The Hall–Kier alpha value is -1.95. The molecule has 0 unspecified atom stereocenters. The van der Waals surface area contributed by atoms with Gasteiger partial charge in [0.1, 0.15) is 0 Å². The van der Waals surface area contributed by atoms with Crippen LogP contribution in [0.1, 0.15) is 62.4 Å². The number of carbonyl (C=O) groups is 2. The van der Waals surface area contributed by atoms with Crippen LogP contribution in [0.25, 0.3) is 0 Å². The molecule has 0 aliphatic heterocycles. The van der Waals surface area contributed by atoms with E-state index in [1.165, 1.54) is 7.11 Å². The Morgan fingerprint density at radius 1 is 1.24 bits per heavy atom. The molecule has 1 amide bonds. The van der Waals surface area contributed by atoms with Crippen molar-refractivity contribution < 1.29 is 19.1 Å². The number of nitrogens with zero attached hydrogens (tertiary/aromatic N) is 1. The highest BCUT2D eigenvalue weighted by atomic mass is 35.5. The largest absolute Gasteiger partial charge is 0.465 e. The van der Waals surface area contributed by atoms with Crippen molar-refractivity contribution >= 4 is 29.4 Å². The summed E-state index contributed by atoms with van der Waals surface area (Å²) in [7, 11) is 1.38. The minimum absolute atomic E-state index is 0.135. The van der Waals surface area contributed by atoms with Crippen LogP contribution in [-0.2, 0) is 9.47 Å². The van der Waals surface area contributed by atoms with E-state index in [1.807, 2.05) is 26.8 Å². The van der Waals surface area contributed by atoms with Gasteiger partial charge >= 0.3 is 12.1 Å². The van der Waals surface area contributed by atoms with Crippen LogP contribution < -0.4 is 10.2 Å². The van der Waals surface area contributed by atoms with Gasteiger partial charge in [-0.05, 0) is 63.1 Å². The molecule has 6 nitrogen and oxygen atoms in total. The molecule has 0 spiro atoms. The molecule has 7 heteroatoms. The van der Waals surface area contributed by atoms with Gasteiger partial charge in [0.2, 0.25) is 0 Å². The molecule has 2 rings (SSSR count). The molecule has 1 aromatic carbocycles. The molecular formula is C22H33ClN2O4. The van der Waals surface area contributed by atoms with Crippen molar-refractivity contribution in [2.45, 2.75) is 65.5 Å². The Morgan fingerprint density at radius 3 is 2.45 bits per heavy atom. The van der Waals surface area contributed by atoms with E-state index in [0.717, 1.165) is 43.5 Å². The molecule has 1 N–H and O–H groups in total. The number of esters is 1. The predicted octanol–water partition coefficient (Wildman–Crippen LogP) is 4.95. The number of halogens is 1. The van der Waals surface area contributed by atoms with Gasteiger partial charge in [-0.3, -0.25) is 0 Å². The van der Waals surface area contributed by atoms with Crippen molar-refractivity contribution in [3.8, 4) is 0 Å². The first-order valence-corrected chi connectivity index (χ1v) is 10.7. The molecular weight excluding hydrogens is 392 g/mol. The summed E-state index contributed by atoms with van der Waals surface area (Å²) in [5, 5.41) is 3.50. The number of nitrogens with one attached hydrogen (secondary N) is 1. The van der Waals surface area contributed by atoms with E-state index in [9.17, 15) is 9.59 Å². The number of methoxy groups -OCH3 is 1. The molecule has 0 atom stereocenters.